The van der Waals surface area contributed by atoms with E-state index in [1.54, 1.807) is 0 Å². The number of hydrogen-bond acceptors (Lipinski definition) is 3. The maximum atomic E-state index is 12.1. The van der Waals surface area contributed by atoms with Gasteiger partial charge in [-0.1, -0.05) is 35.5 Å². The van der Waals surface area contributed by atoms with Crippen molar-refractivity contribution in [2.24, 2.45) is 0 Å². The minimum atomic E-state index is -3.04. The second-order valence-electron chi connectivity index (χ2n) is 3.45. The van der Waals surface area contributed by atoms with E-state index < -0.39 is 12.2 Å². The lowest BCUT2D eigenvalue weighted by atomic mass is 10.2. The van der Waals surface area contributed by atoms with Gasteiger partial charge in [0.15, 0.2) is 5.69 Å². The summed E-state index contributed by atoms with van der Waals surface area (Å²) < 4.78 is 25.6. The summed E-state index contributed by atoms with van der Waals surface area (Å²) in [5.41, 5.74) is 0.643. The Labute approximate surface area is 95.9 Å². The Morgan fingerprint density at radius 1 is 1.29 bits per heavy atom. The summed E-state index contributed by atoms with van der Waals surface area (Å²) in [6, 6.07) is 9.33. The highest BCUT2D eigenvalue weighted by molar-refractivity contribution is 5.96. The van der Waals surface area contributed by atoms with Crippen LogP contribution >= 0.6 is 0 Å². The number of halogens is 2. The van der Waals surface area contributed by atoms with Gasteiger partial charge >= 0.3 is 6.43 Å². The molecule has 2 rings (SSSR count). The third kappa shape index (κ3) is 2.72. The molecule has 0 aliphatic rings. The highest BCUT2D eigenvalue weighted by Crippen LogP contribution is 2.06. The van der Waals surface area contributed by atoms with Crippen LogP contribution < -0.4 is 0 Å². The van der Waals surface area contributed by atoms with Crippen LogP contribution in [0.5, 0.6) is 0 Å². The molecule has 1 heterocycles. The summed E-state index contributed by atoms with van der Waals surface area (Å²) >= 11 is 0. The fourth-order valence-corrected chi connectivity index (χ4v) is 1.37. The van der Waals surface area contributed by atoms with Gasteiger partial charge in [0.25, 0.3) is 5.78 Å². The van der Waals surface area contributed by atoms with Gasteiger partial charge in [0.05, 0.1) is 12.7 Å². The fourth-order valence-electron chi connectivity index (χ4n) is 1.37. The molecular formula is C11H9F2N3O. The van der Waals surface area contributed by atoms with Crippen LogP contribution in [0.1, 0.15) is 16.1 Å². The zero-order valence-electron chi connectivity index (χ0n) is 8.75. The molecule has 0 fully saturated rings. The molecule has 1 aromatic heterocycles. The van der Waals surface area contributed by atoms with Gasteiger partial charge in [0.1, 0.15) is 0 Å². The number of carbonyl (C=O) groups is 1. The molecule has 0 amide bonds. The smallest absolute Gasteiger partial charge is 0.286 e. The molecule has 0 radical (unpaired) electrons. The molecular weight excluding hydrogens is 228 g/mol. The zero-order valence-corrected chi connectivity index (χ0v) is 8.75. The molecule has 0 bridgehead atoms. The Morgan fingerprint density at radius 2 is 2.00 bits per heavy atom. The molecule has 0 N–H and O–H groups in total. The van der Waals surface area contributed by atoms with E-state index in [-0.39, 0.29) is 5.69 Å². The Balaban J connectivity index is 2.12. The summed E-state index contributed by atoms with van der Waals surface area (Å²) in [4.78, 5) is 10.9. The van der Waals surface area contributed by atoms with Crippen molar-refractivity contribution in [2.75, 3.05) is 0 Å². The van der Waals surface area contributed by atoms with Crippen LogP contribution in [-0.2, 0) is 6.54 Å². The van der Waals surface area contributed by atoms with Crippen molar-refractivity contribution in [2.45, 2.75) is 13.0 Å². The van der Waals surface area contributed by atoms with E-state index in [9.17, 15) is 13.6 Å². The largest absolute Gasteiger partial charge is 0.302 e. The van der Waals surface area contributed by atoms with Crippen molar-refractivity contribution >= 4 is 5.78 Å². The Bertz CT molecular complexity index is 510. The number of hydrogen-bond donors (Lipinski definition) is 0. The van der Waals surface area contributed by atoms with Gasteiger partial charge in [-0.25, -0.2) is 13.5 Å². The molecule has 2 aromatic rings. The van der Waals surface area contributed by atoms with Crippen molar-refractivity contribution in [3.8, 4) is 0 Å². The van der Waals surface area contributed by atoms with Crippen LogP contribution in [0.25, 0.3) is 0 Å². The number of Topliss-reactive ketones (excluding diaryl/α,β-unsaturated/α-hetero) is 1. The Morgan fingerprint density at radius 3 is 2.65 bits per heavy atom. The number of aromatic nitrogens is 3. The summed E-state index contributed by atoms with van der Waals surface area (Å²) in [6.45, 7) is 0.393. The number of alkyl halides is 2. The third-order valence-electron chi connectivity index (χ3n) is 2.18. The first-order chi connectivity index (χ1) is 8.16. The standard InChI is InChI=1S/C11H9F2N3O/c12-11(13)10(17)9-7-16(15-14-9)6-8-4-2-1-3-5-8/h1-5,7,11H,6H2. The molecule has 4 nitrogen and oxygen atoms in total. The topological polar surface area (TPSA) is 47.8 Å². The molecule has 0 unspecified atom stereocenters. The number of ketones is 1. The number of carbonyl (C=O) groups excluding carboxylic acids is 1. The van der Waals surface area contributed by atoms with E-state index >= 15 is 0 Å². The minimum Gasteiger partial charge on any atom is -0.286 e. The molecule has 17 heavy (non-hydrogen) atoms. The SMILES string of the molecule is O=C(c1cn(Cc2ccccc2)nn1)C(F)F. The van der Waals surface area contributed by atoms with Crippen molar-refractivity contribution < 1.29 is 13.6 Å². The van der Waals surface area contributed by atoms with Crippen LogP contribution in [0.2, 0.25) is 0 Å². The van der Waals surface area contributed by atoms with E-state index in [1.807, 2.05) is 30.3 Å². The predicted molar refractivity (Wildman–Crippen MR) is 55.9 cm³/mol. The molecule has 0 aliphatic heterocycles. The molecule has 0 atom stereocenters. The van der Waals surface area contributed by atoms with Crippen LogP contribution in [0.4, 0.5) is 8.78 Å². The minimum absolute atomic E-state index is 0.309. The summed E-state index contributed by atoms with van der Waals surface area (Å²) in [5.74, 6) is -1.30. The van der Waals surface area contributed by atoms with Gasteiger partial charge in [-0.3, -0.25) is 4.79 Å². The van der Waals surface area contributed by atoms with Gasteiger partial charge in [-0.05, 0) is 5.56 Å². The Kier molecular flexibility index (Phi) is 3.22. The van der Waals surface area contributed by atoms with Crippen molar-refractivity contribution in [3.63, 3.8) is 0 Å². The highest BCUT2D eigenvalue weighted by atomic mass is 19.3. The molecule has 0 aliphatic carbocycles. The van der Waals surface area contributed by atoms with Crippen molar-refractivity contribution in [3.05, 3.63) is 47.8 Å². The van der Waals surface area contributed by atoms with E-state index in [0.717, 1.165) is 5.56 Å². The third-order valence-corrected chi connectivity index (χ3v) is 2.18. The summed E-state index contributed by atoms with van der Waals surface area (Å²) in [5, 5.41) is 7.04. The van der Waals surface area contributed by atoms with Gasteiger partial charge in [0, 0.05) is 0 Å². The average molecular weight is 237 g/mol. The number of benzene rings is 1. The lowest BCUT2D eigenvalue weighted by Gasteiger charge is -1.99. The number of nitrogens with zero attached hydrogens (tertiary/aromatic N) is 3. The summed E-state index contributed by atoms with van der Waals surface area (Å²) in [7, 11) is 0. The second kappa shape index (κ2) is 4.82. The first-order valence-electron chi connectivity index (χ1n) is 4.93. The maximum absolute atomic E-state index is 12.1. The molecule has 0 saturated carbocycles. The number of rotatable bonds is 4. The van der Waals surface area contributed by atoms with Crippen LogP contribution in [0.3, 0.4) is 0 Å². The van der Waals surface area contributed by atoms with E-state index in [0.29, 0.717) is 6.54 Å². The molecule has 88 valence electrons. The summed E-state index contributed by atoms with van der Waals surface area (Å²) in [6.07, 6.45) is -1.82. The van der Waals surface area contributed by atoms with Crippen molar-refractivity contribution in [1.82, 2.24) is 15.0 Å². The second-order valence-corrected chi connectivity index (χ2v) is 3.45. The maximum Gasteiger partial charge on any atom is 0.302 e. The average Bonchev–Trinajstić information content (AvgIpc) is 2.77. The molecule has 1 aromatic carbocycles. The van der Waals surface area contributed by atoms with Crippen LogP contribution in [0, 0.1) is 0 Å². The molecule has 0 spiro atoms. The van der Waals surface area contributed by atoms with Gasteiger partial charge < -0.3 is 0 Å². The van der Waals surface area contributed by atoms with E-state index in [2.05, 4.69) is 10.3 Å². The molecule has 0 saturated heterocycles. The highest BCUT2D eigenvalue weighted by Gasteiger charge is 2.20. The first-order valence-corrected chi connectivity index (χ1v) is 4.93. The normalized spacial score (nSPS) is 10.8. The first kappa shape index (κ1) is 11.4. The van der Waals surface area contributed by atoms with E-state index in [1.165, 1.54) is 10.9 Å². The van der Waals surface area contributed by atoms with E-state index in [4.69, 9.17) is 0 Å². The van der Waals surface area contributed by atoms with Crippen LogP contribution in [0.15, 0.2) is 36.5 Å². The quantitative estimate of drug-likeness (QED) is 0.761. The van der Waals surface area contributed by atoms with Gasteiger partial charge in [-0.2, -0.15) is 0 Å². The predicted octanol–water partition coefficient (Wildman–Crippen LogP) is 1.77. The monoisotopic (exact) mass is 237 g/mol. The van der Waals surface area contributed by atoms with Crippen molar-refractivity contribution in [1.29, 1.82) is 0 Å². The van der Waals surface area contributed by atoms with Gasteiger partial charge in [0.2, 0.25) is 0 Å². The lowest BCUT2D eigenvalue weighted by molar-refractivity contribution is 0.0673. The van der Waals surface area contributed by atoms with Gasteiger partial charge in [-0.15, -0.1) is 5.10 Å². The van der Waals surface area contributed by atoms with Crippen LogP contribution in [-0.4, -0.2) is 27.2 Å². The zero-order chi connectivity index (χ0) is 12.3. The molecule has 6 heteroatoms. The fraction of sp³-hybridized carbons (Fsp3) is 0.182. The Hall–Kier alpha value is -2.11. The lowest BCUT2D eigenvalue weighted by Crippen LogP contribution is -2.10.